The molecule has 2 N–H and O–H groups in total. The molecule has 10 heteroatoms. The van der Waals surface area contributed by atoms with Gasteiger partial charge in [0, 0.05) is 25.2 Å². The van der Waals surface area contributed by atoms with E-state index in [2.05, 4.69) is 16.5 Å². The van der Waals surface area contributed by atoms with E-state index < -0.39 is 0 Å². The number of carbonyl (C=O) groups excluding carboxylic acids is 1. The Labute approximate surface area is 196 Å². The molecule has 0 radical (unpaired) electrons. The fraction of sp³-hybridized carbons (Fsp3) is 0.417. The molecule has 1 aliphatic carbocycles. The molecule has 1 saturated carbocycles. The third-order valence-corrected chi connectivity index (χ3v) is 7.05. The first-order valence-electron chi connectivity index (χ1n) is 11.3. The van der Waals surface area contributed by atoms with Crippen LogP contribution < -0.4 is 20.9 Å². The number of likely N-dealkylation sites (tertiary alicyclic amines) is 1. The minimum absolute atomic E-state index is 0.0286. The number of anilines is 1. The molecule has 2 aromatic heterocycles. The molecule has 1 aromatic carbocycles. The zero-order valence-electron chi connectivity index (χ0n) is 19.3. The third kappa shape index (κ3) is 3.49. The number of methoxy groups -OCH3 is 2. The fourth-order valence-corrected chi connectivity index (χ4v) is 5.18. The second-order valence-corrected chi connectivity index (χ2v) is 8.85. The van der Waals surface area contributed by atoms with Crippen molar-refractivity contribution in [3.05, 3.63) is 53.2 Å². The summed E-state index contributed by atoms with van der Waals surface area (Å²) in [6.45, 7) is 4.57. The minimum Gasteiger partial charge on any atom is -0.497 e. The highest BCUT2D eigenvalue weighted by atomic mass is 16.5. The summed E-state index contributed by atoms with van der Waals surface area (Å²) in [7, 11) is 3.26. The van der Waals surface area contributed by atoms with Crippen LogP contribution in [0.5, 0.6) is 11.5 Å². The number of nitrogens with two attached hydrogens (primary N) is 1. The summed E-state index contributed by atoms with van der Waals surface area (Å²) in [5.41, 5.74) is 8.27. The molecule has 0 bridgehead atoms. The van der Waals surface area contributed by atoms with Crippen LogP contribution in [0.25, 0.3) is 11.2 Å². The van der Waals surface area contributed by atoms with Gasteiger partial charge < -0.3 is 20.1 Å². The van der Waals surface area contributed by atoms with Gasteiger partial charge in [0.2, 0.25) is 5.91 Å². The average Bonchev–Trinajstić information content (AvgIpc) is 3.41. The molecule has 178 valence electrons. The van der Waals surface area contributed by atoms with Crippen LogP contribution in [0.4, 0.5) is 5.82 Å². The smallest absolute Gasteiger partial charge is 0.331 e. The van der Waals surface area contributed by atoms with Gasteiger partial charge in [-0.15, -0.1) is 0 Å². The first kappa shape index (κ1) is 22.0. The van der Waals surface area contributed by atoms with Gasteiger partial charge in [-0.2, -0.15) is 0 Å². The van der Waals surface area contributed by atoms with E-state index in [9.17, 15) is 9.59 Å². The van der Waals surface area contributed by atoms with Crippen molar-refractivity contribution in [1.29, 1.82) is 0 Å². The molecule has 34 heavy (non-hydrogen) atoms. The third-order valence-electron chi connectivity index (χ3n) is 7.05. The van der Waals surface area contributed by atoms with Crippen LogP contribution in [0, 0.1) is 0 Å². The van der Waals surface area contributed by atoms with Gasteiger partial charge in [-0.1, -0.05) is 6.58 Å². The summed E-state index contributed by atoms with van der Waals surface area (Å²) >= 11 is 0. The number of nitrogens with zero attached hydrogens (tertiary/aromatic N) is 5. The van der Waals surface area contributed by atoms with Crippen molar-refractivity contribution in [2.45, 2.75) is 37.3 Å². The Hall–Kier alpha value is -3.82. The zero-order valence-corrected chi connectivity index (χ0v) is 19.3. The summed E-state index contributed by atoms with van der Waals surface area (Å²) in [4.78, 5) is 36.0. The molecule has 2 fully saturated rings. The van der Waals surface area contributed by atoms with Crippen molar-refractivity contribution >= 4 is 22.9 Å². The summed E-state index contributed by atoms with van der Waals surface area (Å²) in [5.74, 6) is 1.89. The molecule has 1 amide bonds. The maximum Gasteiger partial charge on any atom is 0.331 e. The maximum atomic E-state index is 13.7. The van der Waals surface area contributed by atoms with Crippen LogP contribution in [0.3, 0.4) is 0 Å². The van der Waals surface area contributed by atoms with Crippen molar-refractivity contribution < 1.29 is 14.3 Å². The highest BCUT2D eigenvalue weighted by Crippen LogP contribution is 2.47. The van der Waals surface area contributed by atoms with Crippen LogP contribution in [0.2, 0.25) is 0 Å². The van der Waals surface area contributed by atoms with Crippen LogP contribution in [-0.4, -0.2) is 57.2 Å². The number of carbonyl (C=O) groups is 1. The molecule has 0 spiro atoms. The number of fused-ring (bicyclic) bond motifs is 1. The Kier molecular flexibility index (Phi) is 5.51. The lowest BCUT2D eigenvalue weighted by atomic mass is 9.75. The van der Waals surface area contributed by atoms with Gasteiger partial charge in [0.05, 0.1) is 20.3 Å². The molecule has 2 aliphatic rings. The van der Waals surface area contributed by atoms with Gasteiger partial charge in [-0.05, 0) is 49.0 Å². The number of imidazole rings is 1. The lowest BCUT2D eigenvalue weighted by Gasteiger charge is -2.36. The van der Waals surface area contributed by atoms with E-state index in [-0.39, 0.29) is 35.4 Å². The van der Waals surface area contributed by atoms with Crippen molar-refractivity contribution in [3.63, 3.8) is 0 Å². The lowest BCUT2D eigenvalue weighted by Crippen LogP contribution is -2.36. The van der Waals surface area contributed by atoms with Crippen molar-refractivity contribution in [1.82, 2.24) is 24.0 Å². The summed E-state index contributed by atoms with van der Waals surface area (Å²) < 4.78 is 14.2. The number of amides is 1. The second-order valence-electron chi connectivity index (χ2n) is 8.85. The first-order valence-corrected chi connectivity index (χ1v) is 11.3. The summed E-state index contributed by atoms with van der Waals surface area (Å²) in [6, 6.07) is 5.66. The fourth-order valence-electron chi connectivity index (χ4n) is 5.18. The monoisotopic (exact) mass is 464 g/mol. The zero-order chi connectivity index (χ0) is 24.0. The van der Waals surface area contributed by atoms with E-state index in [1.54, 1.807) is 28.3 Å². The predicted octanol–water partition coefficient (Wildman–Crippen LogP) is 2.27. The molecule has 5 rings (SSSR count). The molecule has 1 atom stereocenters. The van der Waals surface area contributed by atoms with Crippen LogP contribution in [-0.2, 0) is 4.79 Å². The van der Waals surface area contributed by atoms with Gasteiger partial charge in [-0.25, -0.2) is 14.8 Å². The normalized spacial score (nSPS) is 21.9. The molecule has 1 aliphatic heterocycles. The van der Waals surface area contributed by atoms with E-state index >= 15 is 0 Å². The van der Waals surface area contributed by atoms with E-state index in [1.807, 2.05) is 18.2 Å². The summed E-state index contributed by atoms with van der Waals surface area (Å²) in [6.07, 6.45) is 4.90. The Morgan fingerprint density at radius 3 is 2.47 bits per heavy atom. The van der Waals surface area contributed by atoms with Gasteiger partial charge in [0.15, 0.2) is 11.5 Å². The quantitative estimate of drug-likeness (QED) is 0.556. The topological polar surface area (TPSA) is 118 Å². The van der Waals surface area contributed by atoms with Crippen molar-refractivity contribution in [3.8, 4) is 11.5 Å². The van der Waals surface area contributed by atoms with E-state index in [1.165, 1.54) is 12.4 Å². The average molecular weight is 465 g/mol. The minimum atomic E-state index is -0.173. The predicted molar refractivity (Wildman–Crippen MR) is 127 cm³/mol. The standard InChI is InChI=1S/C24H28N6O4/c1-4-20(31)28-6-5-16(12-28)30-23-21(22(25)26-13-27-23)29(24(30)32)17-7-14(8-17)15-9-18(33-2)11-19(10-15)34-3/h4,9-11,13-14,16-17H,1,5-8,12H2,2-3H3,(H2,25,26,27)/t14-,16-,17-/m0/s1. The van der Waals surface area contributed by atoms with E-state index in [0.29, 0.717) is 30.7 Å². The maximum absolute atomic E-state index is 13.7. The molecular formula is C24H28N6O4. The van der Waals surface area contributed by atoms with E-state index in [4.69, 9.17) is 15.2 Å². The number of ether oxygens (including phenoxy) is 2. The van der Waals surface area contributed by atoms with Crippen molar-refractivity contribution in [2.75, 3.05) is 33.0 Å². The number of hydrogen-bond acceptors (Lipinski definition) is 7. The SMILES string of the molecule is C=CC(=O)N1CC[C@H](n2c(=O)n([C@H]3C[C@H](c4cc(OC)cc(OC)c4)C3)c3c(N)ncnc32)C1. The molecular weight excluding hydrogens is 436 g/mol. The van der Waals surface area contributed by atoms with Gasteiger partial charge in [-0.3, -0.25) is 13.9 Å². The molecule has 1 saturated heterocycles. The molecule has 10 nitrogen and oxygen atoms in total. The summed E-state index contributed by atoms with van der Waals surface area (Å²) in [5, 5.41) is 0. The molecule has 3 aromatic rings. The van der Waals surface area contributed by atoms with Gasteiger partial charge in [0.1, 0.15) is 23.3 Å². The van der Waals surface area contributed by atoms with Crippen molar-refractivity contribution in [2.24, 2.45) is 0 Å². The van der Waals surface area contributed by atoms with Gasteiger partial charge in [0.25, 0.3) is 0 Å². The first-order chi connectivity index (χ1) is 16.4. The highest BCUT2D eigenvalue weighted by molar-refractivity contribution is 5.87. The molecule has 3 heterocycles. The number of nitrogen functional groups attached to an aromatic ring is 1. The Bertz CT molecular complexity index is 1300. The highest BCUT2D eigenvalue weighted by Gasteiger charge is 2.38. The molecule has 0 unspecified atom stereocenters. The number of benzene rings is 1. The van der Waals surface area contributed by atoms with E-state index in [0.717, 1.165) is 29.9 Å². The number of hydrogen-bond donors (Lipinski definition) is 1. The lowest BCUT2D eigenvalue weighted by molar-refractivity contribution is -0.125. The Balaban J connectivity index is 1.48. The number of rotatable bonds is 6. The largest absolute Gasteiger partial charge is 0.497 e. The van der Waals surface area contributed by atoms with Crippen LogP contribution in [0.15, 0.2) is 42.0 Å². The van der Waals surface area contributed by atoms with Gasteiger partial charge >= 0.3 is 5.69 Å². The van der Waals surface area contributed by atoms with Crippen LogP contribution >= 0.6 is 0 Å². The van der Waals surface area contributed by atoms with Crippen LogP contribution in [0.1, 0.15) is 42.8 Å². The number of aromatic nitrogens is 4. The Morgan fingerprint density at radius 2 is 1.82 bits per heavy atom. The Morgan fingerprint density at radius 1 is 1.12 bits per heavy atom. The second kappa shape index (κ2) is 8.51.